The van der Waals surface area contributed by atoms with Crippen LogP contribution in [0.4, 0.5) is 0 Å². The van der Waals surface area contributed by atoms with E-state index in [1.807, 2.05) is 44.3 Å². The van der Waals surface area contributed by atoms with E-state index in [1.54, 1.807) is 0 Å². The Hall–Kier alpha value is -1.81. The normalized spacial score (nSPS) is 10.9. The Morgan fingerprint density at radius 1 is 1.28 bits per heavy atom. The standard InChI is InChI=1S/C14H19N3O/c1-10(2)18-12-5-3-11(4-6-12)13-9-16-14(17-13)7-8-15/h3-6,9-10H,7-8,15H2,1-2H3,(H,16,17). The first kappa shape index (κ1) is 12.6. The summed E-state index contributed by atoms with van der Waals surface area (Å²) < 4.78 is 5.61. The number of imidazole rings is 1. The molecule has 0 atom stereocenters. The molecule has 0 saturated heterocycles. The lowest BCUT2D eigenvalue weighted by molar-refractivity contribution is 0.242. The molecule has 96 valence electrons. The Balaban J connectivity index is 2.12. The summed E-state index contributed by atoms with van der Waals surface area (Å²) in [5, 5.41) is 0. The Bertz CT molecular complexity index is 488. The number of H-pyrrole nitrogens is 1. The average Bonchev–Trinajstić information content (AvgIpc) is 2.78. The van der Waals surface area contributed by atoms with E-state index >= 15 is 0 Å². The third kappa shape index (κ3) is 3.11. The molecule has 1 aromatic heterocycles. The smallest absolute Gasteiger partial charge is 0.119 e. The maximum absolute atomic E-state index is 5.61. The topological polar surface area (TPSA) is 63.9 Å². The van der Waals surface area contributed by atoms with Crippen LogP contribution < -0.4 is 10.5 Å². The number of nitrogens with one attached hydrogen (secondary N) is 1. The summed E-state index contributed by atoms with van der Waals surface area (Å²) in [6.45, 7) is 4.64. The average molecular weight is 245 g/mol. The van der Waals surface area contributed by atoms with Crippen molar-refractivity contribution in [3.05, 3.63) is 36.3 Å². The van der Waals surface area contributed by atoms with Gasteiger partial charge in [0.2, 0.25) is 0 Å². The molecule has 1 heterocycles. The fraction of sp³-hybridized carbons (Fsp3) is 0.357. The zero-order valence-corrected chi connectivity index (χ0v) is 10.8. The Morgan fingerprint density at radius 3 is 2.61 bits per heavy atom. The molecule has 0 unspecified atom stereocenters. The van der Waals surface area contributed by atoms with Crippen LogP contribution >= 0.6 is 0 Å². The van der Waals surface area contributed by atoms with E-state index in [1.165, 1.54) is 0 Å². The number of benzene rings is 1. The molecule has 2 rings (SSSR count). The van der Waals surface area contributed by atoms with E-state index in [0.29, 0.717) is 6.54 Å². The molecule has 0 spiro atoms. The summed E-state index contributed by atoms with van der Waals surface area (Å²) in [6.07, 6.45) is 2.80. The fourth-order valence-electron chi connectivity index (χ4n) is 1.76. The minimum atomic E-state index is 0.194. The van der Waals surface area contributed by atoms with Crippen molar-refractivity contribution in [1.29, 1.82) is 0 Å². The lowest BCUT2D eigenvalue weighted by Crippen LogP contribution is -2.05. The SMILES string of the molecule is CC(C)Oc1ccc(-c2cnc(CCN)[nH]2)cc1. The van der Waals surface area contributed by atoms with Gasteiger partial charge in [-0.2, -0.15) is 0 Å². The fourth-order valence-corrected chi connectivity index (χ4v) is 1.76. The van der Waals surface area contributed by atoms with Crippen LogP contribution in [-0.4, -0.2) is 22.6 Å². The van der Waals surface area contributed by atoms with Crippen molar-refractivity contribution in [2.24, 2.45) is 5.73 Å². The Kier molecular flexibility index (Phi) is 3.99. The van der Waals surface area contributed by atoms with Crippen molar-refractivity contribution < 1.29 is 4.74 Å². The van der Waals surface area contributed by atoms with E-state index < -0.39 is 0 Å². The third-order valence-electron chi connectivity index (χ3n) is 2.55. The van der Waals surface area contributed by atoms with Crippen LogP contribution in [0.25, 0.3) is 11.3 Å². The molecule has 0 bridgehead atoms. The summed E-state index contributed by atoms with van der Waals surface area (Å²) in [5.41, 5.74) is 7.61. The second-order valence-corrected chi connectivity index (χ2v) is 4.47. The predicted molar refractivity (Wildman–Crippen MR) is 72.5 cm³/mol. The molecule has 0 aliphatic heterocycles. The Morgan fingerprint density at radius 2 is 2.00 bits per heavy atom. The predicted octanol–water partition coefficient (Wildman–Crippen LogP) is 2.37. The van der Waals surface area contributed by atoms with Crippen molar-refractivity contribution in [2.45, 2.75) is 26.4 Å². The van der Waals surface area contributed by atoms with Crippen LogP contribution in [0.5, 0.6) is 5.75 Å². The Labute approximate surface area is 107 Å². The van der Waals surface area contributed by atoms with Gasteiger partial charge in [-0.15, -0.1) is 0 Å². The summed E-state index contributed by atoms with van der Waals surface area (Å²) in [5.74, 6) is 1.81. The number of rotatable bonds is 5. The molecule has 0 amide bonds. The molecule has 0 aliphatic carbocycles. The van der Waals surface area contributed by atoms with Crippen LogP contribution in [0, 0.1) is 0 Å². The van der Waals surface area contributed by atoms with Gasteiger partial charge in [-0.05, 0) is 50.2 Å². The molecule has 2 aromatic rings. The summed E-state index contributed by atoms with van der Waals surface area (Å²) in [4.78, 5) is 7.55. The minimum absolute atomic E-state index is 0.194. The molecule has 4 nitrogen and oxygen atoms in total. The zero-order chi connectivity index (χ0) is 13.0. The number of aromatic amines is 1. The second-order valence-electron chi connectivity index (χ2n) is 4.47. The molecule has 4 heteroatoms. The number of nitrogens with two attached hydrogens (primary N) is 1. The van der Waals surface area contributed by atoms with E-state index in [-0.39, 0.29) is 6.10 Å². The number of hydrogen-bond acceptors (Lipinski definition) is 3. The van der Waals surface area contributed by atoms with Gasteiger partial charge in [0.05, 0.1) is 18.0 Å². The van der Waals surface area contributed by atoms with E-state index in [9.17, 15) is 0 Å². The van der Waals surface area contributed by atoms with Gasteiger partial charge in [-0.25, -0.2) is 4.98 Å². The second kappa shape index (κ2) is 5.69. The third-order valence-corrected chi connectivity index (χ3v) is 2.55. The highest BCUT2D eigenvalue weighted by molar-refractivity contribution is 5.59. The van der Waals surface area contributed by atoms with E-state index in [0.717, 1.165) is 29.3 Å². The first-order valence-electron chi connectivity index (χ1n) is 6.20. The molecular weight excluding hydrogens is 226 g/mol. The maximum Gasteiger partial charge on any atom is 0.119 e. The van der Waals surface area contributed by atoms with Gasteiger partial charge < -0.3 is 15.5 Å². The van der Waals surface area contributed by atoms with Crippen molar-refractivity contribution in [3.63, 3.8) is 0 Å². The van der Waals surface area contributed by atoms with Gasteiger partial charge in [-0.1, -0.05) is 0 Å². The lowest BCUT2D eigenvalue weighted by Gasteiger charge is -2.09. The van der Waals surface area contributed by atoms with Gasteiger partial charge in [0.15, 0.2) is 0 Å². The maximum atomic E-state index is 5.61. The van der Waals surface area contributed by atoms with Crippen molar-refractivity contribution in [1.82, 2.24) is 9.97 Å². The largest absolute Gasteiger partial charge is 0.491 e. The molecule has 1 aromatic carbocycles. The monoisotopic (exact) mass is 245 g/mol. The van der Waals surface area contributed by atoms with Crippen LogP contribution in [0.2, 0.25) is 0 Å². The van der Waals surface area contributed by atoms with E-state index in [2.05, 4.69) is 9.97 Å². The molecule has 0 saturated carbocycles. The van der Waals surface area contributed by atoms with Crippen molar-refractivity contribution in [3.8, 4) is 17.0 Å². The van der Waals surface area contributed by atoms with Gasteiger partial charge in [0, 0.05) is 6.42 Å². The molecule has 3 N–H and O–H groups in total. The van der Waals surface area contributed by atoms with Gasteiger partial charge >= 0.3 is 0 Å². The summed E-state index contributed by atoms with van der Waals surface area (Å²) in [7, 11) is 0. The van der Waals surface area contributed by atoms with E-state index in [4.69, 9.17) is 10.5 Å². The molecule has 0 aliphatic rings. The highest BCUT2D eigenvalue weighted by atomic mass is 16.5. The number of aromatic nitrogens is 2. The molecular formula is C14H19N3O. The lowest BCUT2D eigenvalue weighted by atomic mass is 10.1. The summed E-state index contributed by atoms with van der Waals surface area (Å²) >= 11 is 0. The summed E-state index contributed by atoms with van der Waals surface area (Å²) in [6, 6.07) is 7.99. The molecule has 18 heavy (non-hydrogen) atoms. The number of hydrogen-bond donors (Lipinski definition) is 2. The first-order chi connectivity index (χ1) is 8.69. The van der Waals surface area contributed by atoms with Crippen LogP contribution in [0.15, 0.2) is 30.5 Å². The number of nitrogens with zero attached hydrogens (tertiary/aromatic N) is 1. The highest BCUT2D eigenvalue weighted by Crippen LogP contribution is 2.21. The molecule has 0 fully saturated rings. The van der Waals surface area contributed by atoms with Gasteiger partial charge in [-0.3, -0.25) is 0 Å². The minimum Gasteiger partial charge on any atom is -0.491 e. The first-order valence-corrected chi connectivity index (χ1v) is 6.20. The highest BCUT2D eigenvalue weighted by Gasteiger charge is 2.03. The quantitative estimate of drug-likeness (QED) is 0.850. The van der Waals surface area contributed by atoms with Gasteiger partial charge in [0.25, 0.3) is 0 Å². The van der Waals surface area contributed by atoms with Gasteiger partial charge in [0.1, 0.15) is 11.6 Å². The van der Waals surface area contributed by atoms with Crippen molar-refractivity contribution >= 4 is 0 Å². The molecule has 0 radical (unpaired) electrons. The van der Waals surface area contributed by atoms with Crippen molar-refractivity contribution in [2.75, 3.05) is 6.54 Å². The van der Waals surface area contributed by atoms with Crippen LogP contribution in [-0.2, 0) is 6.42 Å². The zero-order valence-electron chi connectivity index (χ0n) is 10.8. The van der Waals surface area contributed by atoms with Crippen LogP contribution in [0.1, 0.15) is 19.7 Å². The van der Waals surface area contributed by atoms with Crippen LogP contribution in [0.3, 0.4) is 0 Å². The number of ether oxygens (including phenoxy) is 1.